The second kappa shape index (κ2) is 9.56. The van der Waals surface area contributed by atoms with Crippen molar-refractivity contribution in [3.05, 3.63) is 23.8 Å². The number of nitrogens with two attached hydrogens (primary N) is 1. The molecule has 158 valence electrons. The molecule has 2 saturated carbocycles. The third-order valence-electron chi connectivity index (χ3n) is 7.50. The van der Waals surface area contributed by atoms with Crippen molar-refractivity contribution in [2.75, 3.05) is 0 Å². The Kier molecular flexibility index (Phi) is 7.89. The molecule has 3 N–H and O–H groups in total. The summed E-state index contributed by atoms with van der Waals surface area (Å²) in [5.74, 6) is 1.51. The van der Waals surface area contributed by atoms with Crippen LogP contribution in [0.15, 0.2) is 28.9 Å². The molecule has 3 nitrogen and oxygen atoms in total. The van der Waals surface area contributed by atoms with Crippen LogP contribution < -0.4 is 11.2 Å². The minimum absolute atomic E-state index is 0.219. The molecule has 0 aromatic heterocycles. The molecular formula is C24H41N3S. The minimum Gasteiger partial charge on any atom is -0.375 e. The van der Waals surface area contributed by atoms with Crippen LogP contribution in [-0.2, 0) is 0 Å². The molecule has 0 spiro atoms. The number of fused-ring (bicyclic) bond motifs is 1. The van der Waals surface area contributed by atoms with Gasteiger partial charge in [0.2, 0.25) is 0 Å². The molecule has 0 aromatic rings. The van der Waals surface area contributed by atoms with Crippen molar-refractivity contribution in [3.63, 3.8) is 0 Å². The lowest BCUT2D eigenvalue weighted by Gasteiger charge is -2.58. The van der Waals surface area contributed by atoms with Crippen molar-refractivity contribution in [2.24, 2.45) is 33.5 Å². The molecule has 0 unspecified atom stereocenters. The molecule has 0 bridgehead atoms. The Balaban J connectivity index is 1.93. The number of hydrogen-bond acceptors (Lipinski definition) is 2. The van der Waals surface area contributed by atoms with Gasteiger partial charge in [-0.3, -0.25) is 5.43 Å². The molecular weight excluding hydrogens is 362 g/mol. The van der Waals surface area contributed by atoms with E-state index in [4.69, 9.17) is 18.0 Å². The van der Waals surface area contributed by atoms with Gasteiger partial charge in [0.1, 0.15) is 0 Å². The summed E-state index contributed by atoms with van der Waals surface area (Å²) >= 11 is 4.78. The summed E-state index contributed by atoms with van der Waals surface area (Å²) in [6.45, 7) is 16.4. The van der Waals surface area contributed by atoms with E-state index in [0.717, 1.165) is 24.5 Å². The average molecular weight is 404 g/mol. The first-order valence-corrected chi connectivity index (χ1v) is 11.4. The highest BCUT2D eigenvalue weighted by molar-refractivity contribution is 7.80. The molecule has 2 aliphatic rings. The summed E-state index contributed by atoms with van der Waals surface area (Å²) in [6.07, 6.45) is 13.4. The smallest absolute Gasteiger partial charge is 0.184 e. The molecule has 2 aliphatic carbocycles. The fourth-order valence-corrected chi connectivity index (χ4v) is 6.06. The van der Waals surface area contributed by atoms with Gasteiger partial charge in [0.15, 0.2) is 5.11 Å². The number of nitrogens with one attached hydrogen (secondary N) is 1. The summed E-state index contributed by atoms with van der Waals surface area (Å²) in [5.41, 5.74) is 13.0. The maximum Gasteiger partial charge on any atom is 0.184 e. The first-order valence-electron chi connectivity index (χ1n) is 11.0. The summed E-state index contributed by atoms with van der Waals surface area (Å²) < 4.78 is 0. The predicted molar refractivity (Wildman–Crippen MR) is 126 cm³/mol. The highest BCUT2D eigenvalue weighted by atomic mass is 32.1. The monoisotopic (exact) mass is 403 g/mol. The van der Waals surface area contributed by atoms with Gasteiger partial charge < -0.3 is 5.73 Å². The molecule has 0 amide bonds. The fourth-order valence-electron chi connectivity index (χ4n) is 6.02. The first-order chi connectivity index (χ1) is 13.1. The number of rotatable bonds is 7. The second-order valence-electron chi connectivity index (χ2n) is 10.1. The quantitative estimate of drug-likeness (QED) is 0.221. The van der Waals surface area contributed by atoms with Crippen molar-refractivity contribution in [2.45, 2.75) is 92.4 Å². The van der Waals surface area contributed by atoms with Gasteiger partial charge in [-0.1, -0.05) is 51.0 Å². The van der Waals surface area contributed by atoms with E-state index in [9.17, 15) is 0 Å². The van der Waals surface area contributed by atoms with Gasteiger partial charge >= 0.3 is 0 Å². The first kappa shape index (κ1) is 23.1. The number of allylic oxidation sites excluding steroid dienone is 3. The van der Waals surface area contributed by atoms with E-state index in [2.05, 4.69) is 50.9 Å². The molecule has 0 radical (unpaired) electrons. The Morgan fingerprint density at radius 2 is 2.00 bits per heavy atom. The SMILES string of the molecule is C=C1CC[C@H]2C(C)(C)CCC[C@]2(C)[C@@H]1CC/C(C)=C\CC/C(C)=N/NC(N)=S. The molecule has 0 aliphatic heterocycles. The van der Waals surface area contributed by atoms with E-state index < -0.39 is 0 Å². The Morgan fingerprint density at radius 3 is 2.68 bits per heavy atom. The van der Waals surface area contributed by atoms with Crippen molar-refractivity contribution in [1.82, 2.24) is 5.43 Å². The number of thiocarbonyl (C=S) groups is 1. The number of hydrazone groups is 1. The number of nitrogens with zero attached hydrogens (tertiary/aromatic N) is 1. The van der Waals surface area contributed by atoms with Crippen LogP contribution in [0.3, 0.4) is 0 Å². The second-order valence-corrected chi connectivity index (χ2v) is 10.5. The maximum atomic E-state index is 5.41. The molecule has 2 rings (SSSR count). The average Bonchev–Trinajstić information content (AvgIpc) is 2.58. The molecule has 0 aromatic carbocycles. The Morgan fingerprint density at radius 1 is 1.29 bits per heavy atom. The maximum absolute atomic E-state index is 5.41. The largest absolute Gasteiger partial charge is 0.375 e. The predicted octanol–water partition coefficient (Wildman–Crippen LogP) is 6.50. The third-order valence-corrected chi connectivity index (χ3v) is 7.59. The van der Waals surface area contributed by atoms with Gasteiger partial charge in [-0.15, -0.1) is 0 Å². The fraction of sp³-hybridized carbons (Fsp3) is 0.750. The van der Waals surface area contributed by atoms with Gasteiger partial charge in [-0.2, -0.15) is 5.10 Å². The normalized spacial score (nSPS) is 30.7. The highest BCUT2D eigenvalue weighted by Gasteiger charge is 2.52. The summed E-state index contributed by atoms with van der Waals surface area (Å²) in [7, 11) is 0. The summed E-state index contributed by atoms with van der Waals surface area (Å²) in [6, 6.07) is 0. The molecule has 3 atom stereocenters. The van der Waals surface area contributed by atoms with Crippen LogP contribution in [0.5, 0.6) is 0 Å². The van der Waals surface area contributed by atoms with Crippen LogP contribution in [0.25, 0.3) is 0 Å². The van der Waals surface area contributed by atoms with Crippen LogP contribution >= 0.6 is 12.2 Å². The van der Waals surface area contributed by atoms with Gasteiger partial charge in [-0.25, -0.2) is 0 Å². The standard InChI is InChI=1S/C24H41N3S/c1-17(9-7-10-19(3)26-27-22(25)28)11-13-20-18(2)12-14-21-23(4,5)15-8-16-24(20,21)6/h9,20-21H,2,7-8,10-16H2,1,3-6H3,(H3,25,27,28)/b17-9-,26-19+/t20-,21+,24-/m1/s1. The van der Waals surface area contributed by atoms with Crippen LogP contribution in [-0.4, -0.2) is 10.8 Å². The molecule has 2 fully saturated rings. The van der Waals surface area contributed by atoms with Crippen molar-refractivity contribution < 1.29 is 0 Å². The highest BCUT2D eigenvalue weighted by Crippen LogP contribution is 2.61. The van der Waals surface area contributed by atoms with E-state index in [0.29, 0.717) is 16.7 Å². The Bertz CT molecular complexity index is 646. The Hall–Kier alpha value is -1.16. The van der Waals surface area contributed by atoms with Crippen LogP contribution in [0, 0.1) is 22.7 Å². The van der Waals surface area contributed by atoms with Gasteiger partial charge in [0.05, 0.1) is 0 Å². The van der Waals surface area contributed by atoms with E-state index in [1.165, 1.54) is 56.1 Å². The van der Waals surface area contributed by atoms with Crippen molar-refractivity contribution >= 4 is 23.0 Å². The zero-order chi connectivity index (χ0) is 20.9. The van der Waals surface area contributed by atoms with Crippen LogP contribution in [0.4, 0.5) is 0 Å². The van der Waals surface area contributed by atoms with Crippen LogP contribution in [0.2, 0.25) is 0 Å². The lowest BCUT2D eigenvalue weighted by Crippen LogP contribution is -2.49. The number of hydrogen-bond donors (Lipinski definition) is 2. The zero-order valence-electron chi connectivity index (χ0n) is 18.7. The topological polar surface area (TPSA) is 50.4 Å². The third kappa shape index (κ3) is 5.68. The summed E-state index contributed by atoms with van der Waals surface area (Å²) in [5, 5.41) is 4.40. The van der Waals surface area contributed by atoms with Gasteiger partial charge in [0, 0.05) is 5.71 Å². The molecule has 28 heavy (non-hydrogen) atoms. The van der Waals surface area contributed by atoms with Gasteiger partial charge in [-0.05, 0) is 100 Å². The van der Waals surface area contributed by atoms with E-state index in [1.54, 1.807) is 0 Å². The zero-order valence-corrected chi connectivity index (χ0v) is 19.6. The molecule has 4 heteroatoms. The van der Waals surface area contributed by atoms with E-state index in [1.807, 2.05) is 6.92 Å². The van der Waals surface area contributed by atoms with E-state index >= 15 is 0 Å². The summed E-state index contributed by atoms with van der Waals surface area (Å²) in [4.78, 5) is 0. The van der Waals surface area contributed by atoms with Crippen molar-refractivity contribution in [3.8, 4) is 0 Å². The minimum atomic E-state index is 0.219. The Labute approximate surface area is 178 Å². The lowest BCUT2D eigenvalue weighted by molar-refractivity contribution is -0.0539. The van der Waals surface area contributed by atoms with Gasteiger partial charge in [0.25, 0.3) is 0 Å². The van der Waals surface area contributed by atoms with Crippen LogP contribution in [0.1, 0.15) is 92.4 Å². The lowest BCUT2D eigenvalue weighted by atomic mass is 9.47. The molecule has 0 saturated heterocycles. The molecule has 0 heterocycles. The van der Waals surface area contributed by atoms with Crippen molar-refractivity contribution in [1.29, 1.82) is 0 Å². The van der Waals surface area contributed by atoms with E-state index in [-0.39, 0.29) is 5.11 Å².